The molecule has 2 saturated heterocycles. The fourth-order valence-corrected chi connectivity index (χ4v) is 2.99. The summed E-state index contributed by atoms with van der Waals surface area (Å²) in [4.78, 5) is 16.2. The van der Waals surface area contributed by atoms with E-state index in [2.05, 4.69) is 18.7 Å². The van der Waals surface area contributed by atoms with Gasteiger partial charge in [-0.3, -0.25) is 9.69 Å². The molecule has 2 fully saturated rings. The number of rotatable bonds is 3. The predicted molar refractivity (Wildman–Crippen MR) is 66.7 cm³/mol. The van der Waals surface area contributed by atoms with Crippen LogP contribution in [0.15, 0.2) is 0 Å². The summed E-state index contributed by atoms with van der Waals surface area (Å²) >= 11 is 0. The lowest BCUT2D eigenvalue weighted by Crippen LogP contribution is -2.46. The second-order valence-corrected chi connectivity index (χ2v) is 5.98. The number of hydrogen-bond acceptors (Lipinski definition) is 3. The lowest BCUT2D eigenvalue weighted by Gasteiger charge is -2.33. The minimum atomic E-state index is 0.0761. The van der Waals surface area contributed by atoms with Gasteiger partial charge in [-0.2, -0.15) is 0 Å². The predicted octanol–water partition coefficient (Wildman–Crippen LogP) is 0.820. The lowest BCUT2D eigenvalue weighted by atomic mass is 9.99. The van der Waals surface area contributed by atoms with E-state index in [9.17, 15) is 4.79 Å². The van der Waals surface area contributed by atoms with Crippen molar-refractivity contribution in [1.82, 2.24) is 9.80 Å². The van der Waals surface area contributed by atoms with Crippen molar-refractivity contribution >= 4 is 5.91 Å². The zero-order valence-corrected chi connectivity index (χ0v) is 11.3. The normalized spacial score (nSPS) is 33.1. The van der Waals surface area contributed by atoms with Crippen molar-refractivity contribution in [3.8, 4) is 0 Å². The molecule has 0 aromatic rings. The number of amides is 1. The number of carbonyl (C=O) groups excluding carboxylic acids is 1. The van der Waals surface area contributed by atoms with Crippen molar-refractivity contribution in [2.24, 2.45) is 11.8 Å². The van der Waals surface area contributed by atoms with Gasteiger partial charge >= 0.3 is 0 Å². The molecule has 4 nitrogen and oxygen atoms in total. The Morgan fingerprint density at radius 2 is 2.12 bits per heavy atom. The molecule has 2 aliphatic rings. The molecule has 0 N–H and O–H groups in total. The number of nitrogens with zero attached hydrogens (tertiary/aromatic N) is 2. The maximum Gasteiger partial charge on any atom is 0.227 e. The van der Waals surface area contributed by atoms with E-state index in [4.69, 9.17) is 4.74 Å². The summed E-state index contributed by atoms with van der Waals surface area (Å²) in [5.41, 5.74) is 0. The zero-order valence-electron chi connectivity index (χ0n) is 11.3. The van der Waals surface area contributed by atoms with E-state index >= 15 is 0 Å². The minimum absolute atomic E-state index is 0.0761. The van der Waals surface area contributed by atoms with Crippen LogP contribution in [0.4, 0.5) is 0 Å². The van der Waals surface area contributed by atoms with Gasteiger partial charge in [0.15, 0.2) is 0 Å². The van der Waals surface area contributed by atoms with Gasteiger partial charge in [0.25, 0.3) is 0 Å². The lowest BCUT2D eigenvalue weighted by molar-refractivity contribution is -0.136. The fraction of sp³-hybridized carbons (Fsp3) is 0.923. The summed E-state index contributed by atoms with van der Waals surface area (Å²) in [7, 11) is 3.66. The molecule has 0 aromatic heterocycles. The second kappa shape index (κ2) is 4.94. The molecule has 2 rings (SSSR count). The molecule has 0 saturated carbocycles. The monoisotopic (exact) mass is 240 g/mol. The molecule has 2 heterocycles. The van der Waals surface area contributed by atoms with Crippen LogP contribution < -0.4 is 0 Å². The molecular weight excluding hydrogens is 216 g/mol. The molecular formula is C13H24N2O2. The maximum atomic E-state index is 12.0. The molecule has 1 amide bonds. The van der Waals surface area contributed by atoms with Crippen LogP contribution in [0.2, 0.25) is 0 Å². The largest absolute Gasteiger partial charge is 0.371 e. The van der Waals surface area contributed by atoms with Crippen LogP contribution in [-0.4, -0.2) is 61.6 Å². The number of hydrogen-bond donors (Lipinski definition) is 0. The van der Waals surface area contributed by atoms with Gasteiger partial charge in [0.1, 0.15) is 0 Å². The number of likely N-dealkylation sites (tertiary alicyclic amines) is 1. The molecule has 0 aliphatic carbocycles. The average Bonchev–Trinajstić information content (AvgIpc) is 2.51. The van der Waals surface area contributed by atoms with Crippen LogP contribution >= 0.6 is 0 Å². The van der Waals surface area contributed by atoms with E-state index in [0.717, 1.165) is 26.1 Å². The van der Waals surface area contributed by atoms with Crippen molar-refractivity contribution in [1.29, 1.82) is 0 Å². The van der Waals surface area contributed by atoms with Gasteiger partial charge in [-0.1, -0.05) is 13.8 Å². The van der Waals surface area contributed by atoms with Gasteiger partial charge in [-0.15, -0.1) is 0 Å². The van der Waals surface area contributed by atoms with Crippen LogP contribution in [0.3, 0.4) is 0 Å². The summed E-state index contributed by atoms with van der Waals surface area (Å²) in [5.74, 6) is 0.978. The first-order chi connectivity index (χ1) is 7.97. The van der Waals surface area contributed by atoms with Crippen LogP contribution in [0.1, 0.15) is 20.3 Å². The Hall–Kier alpha value is -0.610. The van der Waals surface area contributed by atoms with E-state index in [1.165, 1.54) is 0 Å². The first kappa shape index (κ1) is 12.8. The highest BCUT2D eigenvalue weighted by Crippen LogP contribution is 2.33. The van der Waals surface area contributed by atoms with E-state index < -0.39 is 0 Å². The molecule has 17 heavy (non-hydrogen) atoms. The first-order valence-electron chi connectivity index (χ1n) is 6.56. The molecule has 2 aliphatic heterocycles. The van der Waals surface area contributed by atoms with Crippen LogP contribution in [-0.2, 0) is 9.53 Å². The van der Waals surface area contributed by atoms with Crippen molar-refractivity contribution in [3.05, 3.63) is 0 Å². The third-order valence-electron chi connectivity index (χ3n) is 3.61. The molecule has 2 bridgehead atoms. The van der Waals surface area contributed by atoms with Crippen molar-refractivity contribution in [2.75, 3.05) is 33.7 Å². The zero-order chi connectivity index (χ0) is 12.6. The topological polar surface area (TPSA) is 32.8 Å². The highest BCUT2D eigenvalue weighted by atomic mass is 16.5. The Labute approximate surface area is 104 Å². The summed E-state index contributed by atoms with van der Waals surface area (Å²) in [6.45, 7) is 7.49. The van der Waals surface area contributed by atoms with Crippen LogP contribution in [0.5, 0.6) is 0 Å². The first-order valence-corrected chi connectivity index (χ1v) is 6.56. The summed E-state index contributed by atoms with van der Waals surface area (Å²) in [6.07, 6.45) is 1.28. The Bertz CT molecular complexity index is 291. The molecule has 3 atom stereocenters. The quantitative estimate of drug-likeness (QED) is 0.732. The van der Waals surface area contributed by atoms with E-state index in [-0.39, 0.29) is 24.0 Å². The van der Waals surface area contributed by atoms with E-state index in [0.29, 0.717) is 5.92 Å². The standard InChI is InChI=1S/C13H24N2O2/c1-9(2)6-15-7-10-5-11(12(8-15)17-10)13(16)14(3)4/h9-12H,5-8H2,1-4H3/t10-,11+,12-/m1/s1. The van der Waals surface area contributed by atoms with Gasteiger partial charge in [0.05, 0.1) is 18.1 Å². The van der Waals surface area contributed by atoms with Crippen molar-refractivity contribution < 1.29 is 9.53 Å². The second-order valence-electron chi connectivity index (χ2n) is 5.98. The fourth-order valence-electron chi connectivity index (χ4n) is 2.99. The summed E-state index contributed by atoms with van der Waals surface area (Å²) < 4.78 is 5.90. The van der Waals surface area contributed by atoms with Gasteiger partial charge in [-0.25, -0.2) is 0 Å². The number of carbonyl (C=O) groups is 1. The van der Waals surface area contributed by atoms with E-state index in [1.54, 1.807) is 4.90 Å². The molecule has 0 aromatic carbocycles. The summed E-state index contributed by atoms with van der Waals surface area (Å²) in [5, 5.41) is 0. The Morgan fingerprint density at radius 1 is 1.41 bits per heavy atom. The molecule has 0 spiro atoms. The van der Waals surface area contributed by atoms with Crippen LogP contribution in [0.25, 0.3) is 0 Å². The third-order valence-corrected chi connectivity index (χ3v) is 3.61. The van der Waals surface area contributed by atoms with Gasteiger partial charge in [0.2, 0.25) is 5.91 Å². The Kier molecular flexibility index (Phi) is 3.73. The van der Waals surface area contributed by atoms with Crippen molar-refractivity contribution in [2.45, 2.75) is 32.5 Å². The maximum absolute atomic E-state index is 12.0. The molecule has 0 radical (unpaired) electrons. The molecule has 4 heteroatoms. The van der Waals surface area contributed by atoms with Crippen molar-refractivity contribution in [3.63, 3.8) is 0 Å². The Balaban J connectivity index is 1.97. The average molecular weight is 240 g/mol. The highest BCUT2D eigenvalue weighted by Gasteiger charge is 2.44. The summed E-state index contributed by atoms with van der Waals surface area (Å²) in [6, 6.07) is 0. The molecule has 0 unspecified atom stereocenters. The SMILES string of the molecule is CC(C)CN1C[C@H]2C[C@H](C(=O)N(C)C)[C@@H](C1)O2. The molecule has 98 valence electrons. The number of morpholine rings is 1. The number of ether oxygens (including phenoxy) is 1. The smallest absolute Gasteiger partial charge is 0.227 e. The third kappa shape index (κ3) is 2.80. The highest BCUT2D eigenvalue weighted by molar-refractivity contribution is 5.79. The number of fused-ring (bicyclic) bond motifs is 2. The minimum Gasteiger partial charge on any atom is -0.371 e. The van der Waals surface area contributed by atoms with Gasteiger partial charge < -0.3 is 9.64 Å². The van der Waals surface area contributed by atoms with Crippen LogP contribution in [0, 0.1) is 11.8 Å². The Morgan fingerprint density at radius 3 is 2.71 bits per heavy atom. The van der Waals surface area contributed by atoms with Gasteiger partial charge in [-0.05, 0) is 12.3 Å². The van der Waals surface area contributed by atoms with E-state index in [1.807, 2.05) is 14.1 Å². The van der Waals surface area contributed by atoms with Gasteiger partial charge in [0, 0.05) is 33.7 Å².